The van der Waals surface area contributed by atoms with Gasteiger partial charge in [-0.05, 0) is 25.5 Å². The lowest BCUT2D eigenvalue weighted by Gasteiger charge is -2.31. The summed E-state index contributed by atoms with van der Waals surface area (Å²) < 4.78 is 26.8. The lowest BCUT2D eigenvalue weighted by Crippen LogP contribution is -3.15. The first-order valence-corrected chi connectivity index (χ1v) is 11.6. The van der Waals surface area contributed by atoms with Gasteiger partial charge in [-0.2, -0.15) is 4.31 Å². The van der Waals surface area contributed by atoms with Crippen molar-refractivity contribution in [3.8, 4) is 0 Å². The number of hydrogen-bond donors (Lipinski definition) is 2. The molecule has 27 heavy (non-hydrogen) atoms. The Morgan fingerprint density at radius 3 is 2.44 bits per heavy atom. The molecule has 0 bridgehead atoms. The van der Waals surface area contributed by atoms with Crippen molar-refractivity contribution in [3.63, 3.8) is 0 Å². The standard InChI is InChI=1S/C20H33N3O3S/c1-3-4-5-7-10-18(2)21-20(24)17-22-13-15-23(16-14-22)27(25,26)19-11-8-6-9-12-19/h6,8-9,11-12,18H,3-5,7,10,13-17H2,1-2H3,(H,21,24)/p+1/t18-/m0/s1. The van der Waals surface area contributed by atoms with Gasteiger partial charge in [0.25, 0.3) is 5.91 Å². The van der Waals surface area contributed by atoms with Crippen molar-refractivity contribution in [1.29, 1.82) is 0 Å². The number of rotatable bonds is 10. The Bertz CT molecular complexity index is 671. The fraction of sp³-hybridized carbons (Fsp3) is 0.650. The molecule has 1 atom stereocenters. The molecule has 0 spiro atoms. The third-order valence-corrected chi connectivity index (χ3v) is 7.03. The Labute approximate surface area is 164 Å². The summed E-state index contributed by atoms with van der Waals surface area (Å²) in [7, 11) is -3.43. The van der Waals surface area contributed by atoms with E-state index in [1.165, 1.54) is 23.6 Å². The Morgan fingerprint density at radius 1 is 1.15 bits per heavy atom. The van der Waals surface area contributed by atoms with E-state index in [0.717, 1.165) is 17.7 Å². The number of sulfonamides is 1. The third kappa shape index (κ3) is 6.90. The minimum Gasteiger partial charge on any atom is -0.349 e. The summed E-state index contributed by atoms with van der Waals surface area (Å²) in [6.45, 7) is 6.88. The summed E-state index contributed by atoms with van der Waals surface area (Å²) in [6, 6.07) is 8.75. The summed E-state index contributed by atoms with van der Waals surface area (Å²) in [5.41, 5.74) is 0. The molecule has 152 valence electrons. The Balaban J connectivity index is 1.73. The second-order valence-corrected chi connectivity index (χ2v) is 9.40. The summed E-state index contributed by atoms with van der Waals surface area (Å²) in [5.74, 6) is 0.0624. The molecule has 0 radical (unpaired) electrons. The van der Waals surface area contributed by atoms with E-state index in [1.807, 2.05) is 6.07 Å². The van der Waals surface area contributed by atoms with Crippen LogP contribution in [0.5, 0.6) is 0 Å². The minimum atomic E-state index is -3.43. The van der Waals surface area contributed by atoms with Gasteiger partial charge in [-0.25, -0.2) is 8.42 Å². The zero-order chi connectivity index (χ0) is 19.7. The molecule has 1 fully saturated rings. The topological polar surface area (TPSA) is 70.9 Å². The molecule has 2 rings (SSSR count). The molecular formula is C20H34N3O3S+. The molecule has 1 saturated heterocycles. The van der Waals surface area contributed by atoms with Crippen LogP contribution in [-0.2, 0) is 14.8 Å². The number of carbonyl (C=O) groups excluding carboxylic acids is 1. The predicted octanol–water partition coefficient (Wildman–Crippen LogP) is 1.05. The van der Waals surface area contributed by atoms with Gasteiger partial charge in [0, 0.05) is 6.04 Å². The quantitative estimate of drug-likeness (QED) is 0.581. The van der Waals surface area contributed by atoms with Gasteiger partial charge in [0.1, 0.15) is 0 Å². The Morgan fingerprint density at radius 2 is 1.81 bits per heavy atom. The van der Waals surface area contributed by atoms with E-state index >= 15 is 0 Å². The van der Waals surface area contributed by atoms with Gasteiger partial charge in [-0.3, -0.25) is 4.79 Å². The molecule has 1 heterocycles. The van der Waals surface area contributed by atoms with Crippen molar-refractivity contribution in [2.75, 3.05) is 32.7 Å². The monoisotopic (exact) mass is 396 g/mol. The maximum atomic E-state index is 12.6. The van der Waals surface area contributed by atoms with E-state index in [2.05, 4.69) is 19.2 Å². The summed E-state index contributed by atoms with van der Waals surface area (Å²) in [6.07, 6.45) is 5.86. The van der Waals surface area contributed by atoms with E-state index in [-0.39, 0.29) is 11.9 Å². The van der Waals surface area contributed by atoms with Gasteiger partial charge < -0.3 is 10.2 Å². The zero-order valence-electron chi connectivity index (χ0n) is 16.6. The highest BCUT2D eigenvalue weighted by Gasteiger charge is 2.31. The molecule has 1 aliphatic rings. The largest absolute Gasteiger partial charge is 0.349 e. The average Bonchev–Trinajstić information content (AvgIpc) is 2.66. The fourth-order valence-corrected chi connectivity index (χ4v) is 4.93. The van der Waals surface area contributed by atoms with Crippen molar-refractivity contribution in [1.82, 2.24) is 9.62 Å². The molecule has 2 N–H and O–H groups in total. The number of benzene rings is 1. The lowest BCUT2D eigenvalue weighted by atomic mass is 10.1. The van der Waals surface area contributed by atoms with Crippen LogP contribution in [-0.4, -0.2) is 57.4 Å². The molecule has 0 aliphatic carbocycles. The van der Waals surface area contributed by atoms with Crippen molar-refractivity contribution in [2.45, 2.75) is 56.9 Å². The van der Waals surface area contributed by atoms with E-state index in [9.17, 15) is 13.2 Å². The number of nitrogens with zero attached hydrogens (tertiary/aromatic N) is 1. The number of amides is 1. The molecular weight excluding hydrogens is 362 g/mol. The van der Waals surface area contributed by atoms with Crippen molar-refractivity contribution < 1.29 is 18.1 Å². The first-order chi connectivity index (χ1) is 12.9. The van der Waals surface area contributed by atoms with Gasteiger partial charge >= 0.3 is 0 Å². The third-order valence-electron chi connectivity index (χ3n) is 5.12. The van der Waals surface area contributed by atoms with Crippen LogP contribution < -0.4 is 10.2 Å². The van der Waals surface area contributed by atoms with Gasteiger partial charge in [-0.15, -0.1) is 0 Å². The van der Waals surface area contributed by atoms with Crippen LogP contribution in [0.2, 0.25) is 0 Å². The van der Waals surface area contributed by atoms with Crippen LogP contribution >= 0.6 is 0 Å². The number of quaternary nitrogens is 1. The number of piperazine rings is 1. The Hall–Kier alpha value is -1.44. The SMILES string of the molecule is CCCCCC[C@H](C)NC(=O)C[NH+]1CCN(S(=O)(=O)c2ccccc2)CC1. The van der Waals surface area contributed by atoms with Crippen LogP contribution in [0.3, 0.4) is 0 Å². The van der Waals surface area contributed by atoms with E-state index < -0.39 is 10.0 Å². The highest BCUT2D eigenvalue weighted by atomic mass is 32.2. The summed E-state index contributed by atoms with van der Waals surface area (Å²) in [5, 5.41) is 3.08. The Kier molecular flexibility index (Phi) is 8.73. The number of nitrogens with one attached hydrogen (secondary N) is 2. The molecule has 6 nitrogen and oxygen atoms in total. The lowest BCUT2D eigenvalue weighted by molar-refractivity contribution is -0.895. The average molecular weight is 397 g/mol. The number of carbonyl (C=O) groups is 1. The molecule has 0 saturated carbocycles. The van der Waals surface area contributed by atoms with Crippen molar-refractivity contribution >= 4 is 15.9 Å². The molecule has 1 amide bonds. The molecule has 1 aromatic rings. The maximum Gasteiger partial charge on any atom is 0.275 e. The smallest absolute Gasteiger partial charge is 0.275 e. The molecule has 0 aromatic heterocycles. The highest BCUT2D eigenvalue weighted by molar-refractivity contribution is 7.89. The summed E-state index contributed by atoms with van der Waals surface area (Å²) in [4.78, 5) is 13.7. The number of unbranched alkanes of at least 4 members (excludes halogenated alkanes) is 3. The zero-order valence-corrected chi connectivity index (χ0v) is 17.4. The summed E-state index contributed by atoms with van der Waals surface area (Å²) >= 11 is 0. The van der Waals surface area contributed by atoms with Gasteiger partial charge in [-0.1, -0.05) is 50.8 Å². The fourth-order valence-electron chi connectivity index (χ4n) is 3.46. The van der Waals surface area contributed by atoms with E-state index in [4.69, 9.17) is 0 Å². The first kappa shape index (κ1) is 21.9. The second-order valence-electron chi connectivity index (χ2n) is 7.46. The van der Waals surface area contributed by atoms with Gasteiger partial charge in [0.2, 0.25) is 10.0 Å². The van der Waals surface area contributed by atoms with E-state index in [1.54, 1.807) is 24.3 Å². The first-order valence-electron chi connectivity index (χ1n) is 10.1. The van der Waals surface area contributed by atoms with Crippen LogP contribution in [0, 0.1) is 0 Å². The van der Waals surface area contributed by atoms with Gasteiger partial charge in [0.05, 0.1) is 31.1 Å². The maximum absolute atomic E-state index is 12.6. The molecule has 1 aromatic carbocycles. The van der Waals surface area contributed by atoms with Crippen LogP contribution in [0.4, 0.5) is 0 Å². The molecule has 1 aliphatic heterocycles. The number of hydrogen-bond acceptors (Lipinski definition) is 3. The normalized spacial score (nSPS) is 17.6. The van der Waals surface area contributed by atoms with Crippen LogP contribution in [0.25, 0.3) is 0 Å². The van der Waals surface area contributed by atoms with Crippen molar-refractivity contribution in [2.24, 2.45) is 0 Å². The van der Waals surface area contributed by atoms with Crippen molar-refractivity contribution in [3.05, 3.63) is 30.3 Å². The molecule has 0 unspecified atom stereocenters. The second kappa shape index (κ2) is 10.8. The predicted molar refractivity (Wildman–Crippen MR) is 107 cm³/mol. The van der Waals surface area contributed by atoms with E-state index in [0.29, 0.717) is 37.6 Å². The van der Waals surface area contributed by atoms with Crippen LogP contribution in [0.1, 0.15) is 46.0 Å². The van der Waals surface area contributed by atoms with Crippen LogP contribution in [0.15, 0.2) is 35.2 Å². The highest BCUT2D eigenvalue weighted by Crippen LogP contribution is 2.14. The molecule has 7 heteroatoms. The van der Waals surface area contributed by atoms with Gasteiger partial charge in [0.15, 0.2) is 6.54 Å². The minimum absolute atomic E-state index is 0.0624.